The number of rotatable bonds is 4. The average molecular weight is 235 g/mol. The predicted octanol–water partition coefficient (Wildman–Crippen LogP) is 2.09. The fourth-order valence-corrected chi connectivity index (χ4v) is 1.59. The average Bonchev–Trinajstić information content (AvgIpc) is 2.23. The minimum atomic E-state index is 0.00264. The van der Waals surface area contributed by atoms with Gasteiger partial charge in [0, 0.05) is 24.8 Å². The molecule has 0 aromatic carbocycles. The summed E-state index contributed by atoms with van der Waals surface area (Å²) in [6.07, 6.45) is 1.00. The number of hydrogen-bond donors (Lipinski definition) is 1. The second-order valence-electron chi connectivity index (χ2n) is 4.83. The molecule has 94 valence electrons. The van der Waals surface area contributed by atoms with Crippen molar-refractivity contribution >= 4 is 11.7 Å². The number of aromatic nitrogens is 1. The lowest BCUT2D eigenvalue weighted by Gasteiger charge is -2.18. The minimum Gasteiger partial charge on any atom is -0.384 e. The number of nitrogens with two attached hydrogens (primary N) is 1. The molecule has 0 bridgehead atoms. The second-order valence-corrected chi connectivity index (χ2v) is 4.83. The molecule has 2 N–H and O–H groups in total. The van der Waals surface area contributed by atoms with Crippen LogP contribution in [0, 0.1) is 12.8 Å². The van der Waals surface area contributed by atoms with Gasteiger partial charge >= 0.3 is 0 Å². The standard InChI is InChI=1S/C13H21N3O/c1-9(2)5-6-16(4)13(17)11-7-10(3)15-12(14)8-11/h7-9H,5-6H2,1-4H3,(H2,14,15). The first-order valence-corrected chi connectivity index (χ1v) is 5.89. The van der Waals surface area contributed by atoms with Crippen molar-refractivity contribution in [2.45, 2.75) is 27.2 Å². The maximum atomic E-state index is 12.1. The number of carbonyl (C=O) groups excluding carboxylic acids is 1. The molecular formula is C13H21N3O. The zero-order chi connectivity index (χ0) is 13.0. The van der Waals surface area contributed by atoms with Crippen molar-refractivity contribution < 1.29 is 4.79 Å². The van der Waals surface area contributed by atoms with E-state index >= 15 is 0 Å². The molecule has 17 heavy (non-hydrogen) atoms. The summed E-state index contributed by atoms with van der Waals surface area (Å²) >= 11 is 0. The first-order chi connectivity index (χ1) is 7.90. The molecule has 0 saturated heterocycles. The summed E-state index contributed by atoms with van der Waals surface area (Å²) in [7, 11) is 1.82. The van der Waals surface area contributed by atoms with Crippen LogP contribution in [0.3, 0.4) is 0 Å². The molecule has 0 aliphatic rings. The van der Waals surface area contributed by atoms with E-state index < -0.39 is 0 Å². The number of nitrogen functional groups attached to an aromatic ring is 1. The Balaban J connectivity index is 2.74. The normalized spacial score (nSPS) is 10.6. The molecule has 0 aliphatic carbocycles. The van der Waals surface area contributed by atoms with E-state index in [0.29, 0.717) is 17.3 Å². The molecule has 0 spiro atoms. The lowest BCUT2D eigenvalue weighted by Crippen LogP contribution is -2.28. The van der Waals surface area contributed by atoms with Crippen LogP contribution in [0.2, 0.25) is 0 Å². The van der Waals surface area contributed by atoms with Gasteiger partial charge in [-0.05, 0) is 31.4 Å². The fraction of sp³-hybridized carbons (Fsp3) is 0.538. The quantitative estimate of drug-likeness (QED) is 0.869. The molecular weight excluding hydrogens is 214 g/mol. The Morgan fingerprint density at radius 3 is 2.65 bits per heavy atom. The molecule has 4 heteroatoms. The van der Waals surface area contributed by atoms with Gasteiger partial charge in [0.15, 0.2) is 0 Å². The van der Waals surface area contributed by atoms with Crippen LogP contribution in [0.15, 0.2) is 12.1 Å². The Bertz CT molecular complexity index is 381. The van der Waals surface area contributed by atoms with Gasteiger partial charge in [-0.1, -0.05) is 13.8 Å². The lowest BCUT2D eigenvalue weighted by atomic mass is 10.1. The van der Waals surface area contributed by atoms with Crippen LogP contribution >= 0.6 is 0 Å². The summed E-state index contributed by atoms with van der Waals surface area (Å²) in [6.45, 7) is 6.89. The Labute approximate surface area is 103 Å². The van der Waals surface area contributed by atoms with Crippen LogP contribution in [0.25, 0.3) is 0 Å². The number of anilines is 1. The van der Waals surface area contributed by atoms with Gasteiger partial charge in [-0.3, -0.25) is 4.79 Å². The minimum absolute atomic E-state index is 0.00264. The topological polar surface area (TPSA) is 59.2 Å². The molecule has 4 nitrogen and oxygen atoms in total. The van der Waals surface area contributed by atoms with Gasteiger partial charge in [-0.2, -0.15) is 0 Å². The van der Waals surface area contributed by atoms with Crippen molar-refractivity contribution in [3.63, 3.8) is 0 Å². The van der Waals surface area contributed by atoms with Crippen LogP contribution in [0.1, 0.15) is 36.3 Å². The third-order valence-electron chi connectivity index (χ3n) is 2.61. The number of pyridine rings is 1. The zero-order valence-corrected chi connectivity index (χ0v) is 11.0. The smallest absolute Gasteiger partial charge is 0.253 e. The summed E-state index contributed by atoms with van der Waals surface area (Å²) < 4.78 is 0. The maximum absolute atomic E-state index is 12.1. The Hall–Kier alpha value is -1.58. The maximum Gasteiger partial charge on any atom is 0.253 e. The van der Waals surface area contributed by atoms with E-state index in [-0.39, 0.29) is 5.91 Å². The highest BCUT2D eigenvalue weighted by molar-refractivity contribution is 5.94. The van der Waals surface area contributed by atoms with Crippen LogP contribution in [-0.2, 0) is 0 Å². The highest BCUT2D eigenvalue weighted by Crippen LogP contribution is 2.10. The van der Waals surface area contributed by atoms with E-state index in [1.165, 1.54) is 0 Å². The van der Waals surface area contributed by atoms with Crippen LogP contribution in [-0.4, -0.2) is 29.4 Å². The van der Waals surface area contributed by atoms with Gasteiger partial charge in [0.2, 0.25) is 0 Å². The molecule has 0 saturated carbocycles. The van der Waals surface area contributed by atoms with Crippen molar-refractivity contribution in [2.75, 3.05) is 19.3 Å². The van der Waals surface area contributed by atoms with Crippen molar-refractivity contribution in [3.05, 3.63) is 23.4 Å². The van der Waals surface area contributed by atoms with Gasteiger partial charge in [-0.15, -0.1) is 0 Å². The van der Waals surface area contributed by atoms with Crippen LogP contribution < -0.4 is 5.73 Å². The molecule has 1 rings (SSSR count). The van der Waals surface area contributed by atoms with Gasteiger partial charge < -0.3 is 10.6 Å². The number of hydrogen-bond acceptors (Lipinski definition) is 3. The SMILES string of the molecule is Cc1cc(C(=O)N(C)CCC(C)C)cc(N)n1. The van der Waals surface area contributed by atoms with Crippen LogP contribution in [0.5, 0.6) is 0 Å². The zero-order valence-electron chi connectivity index (χ0n) is 11.0. The summed E-state index contributed by atoms with van der Waals surface area (Å²) in [5, 5.41) is 0. The van der Waals surface area contributed by atoms with Gasteiger partial charge in [0.25, 0.3) is 5.91 Å². The first kappa shape index (κ1) is 13.5. The van der Waals surface area contributed by atoms with Gasteiger partial charge in [0.1, 0.15) is 5.82 Å². The summed E-state index contributed by atoms with van der Waals surface area (Å²) in [4.78, 5) is 17.9. The molecule has 0 atom stereocenters. The van der Waals surface area contributed by atoms with Crippen LogP contribution in [0.4, 0.5) is 5.82 Å². The summed E-state index contributed by atoms with van der Waals surface area (Å²) in [5.74, 6) is 0.989. The second kappa shape index (κ2) is 5.66. The van der Waals surface area contributed by atoms with Crippen molar-refractivity contribution in [1.29, 1.82) is 0 Å². The Morgan fingerprint density at radius 2 is 2.12 bits per heavy atom. The van der Waals surface area contributed by atoms with E-state index in [4.69, 9.17) is 5.73 Å². The number of aryl methyl sites for hydroxylation is 1. The largest absolute Gasteiger partial charge is 0.384 e. The third kappa shape index (κ3) is 4.06. The number of carbonyl (C=O) groups is 1. The molecule has 0 aliphatic heterocycles. The van der Waals surface area contributed by atoms with Crippen molar-refractivity contribution in [3.8, 4) is 0 Å². The first-order valence-electron chi connectivity index (χ1n) is 5.89. The van der Waals surface area contributed by atoms with Gasteiger partial charge in [-0.25, -0.2) is 4.98 Å². The lowest BCUT2D eigenvalue weighted by molar-refractivity contribution is 0.0789. The van der Waals surface area contributed by atoms with Gasteiger partial charge in [0.05, 0.1) is 0 Å². The van der Waals surface area contributed by atoms with E-state index in [0.717, 1.165) is 18.7 Å². The summed E-state index contributed by atoms with van der Waals surface area (Å²) in [5.41, 5.74) is 7.02. The summed E-state index contributed by atoms with van der Waals surface area (Å²) in [6, 6.07) is 3.39. The molecule has 0 unspecified atom stereocenters. The van der Waals surface area contributed by atoms with E-state index in [1.807, 2.05) is 14.0 Å². The molecule has 0 radical (unpaired) electrons. The molecule has 1 aromatic rings. The molecule has 1 aromatic heterocycles. The fourth-order valence-electron chi connectivity index (χ4n) is 1.59. The van der Waals surface area contributed by atoms with E-state index in [1.54, 1.807) is 17.0 Å². The predicted molar refractivity (Wildman–Crippen MR) is 69.8 cm³/mol. The monoisotopic (exact) mass is 235 g/mol. The number of nitrogens with zero attached hydrogens (tertiary/aromatic N) is 2. The third-order valence-corrected chi connectivity index (χ3v) is 2.61. The highest BCUT2D eigenvalue weighted by Gasteiger charge is 2.13. The highest BCUT2D eigenvalue weighted by atomic mass is 16.2. The molecule has 0 fully saturated rings. The Morgan fingerprint density at radius 1 is 1.47 bits per heavy atom. The van der Waals surface area contributed by atoms with E-state index in [9.17, 15) is 4.79 Å². The number of amides is 1. The van der Waals surface area contributed by atoms with E-state index in [2.05, 4.69) is 18.8 Å². The molecule has 1 heterocycles. The van der Waals surface area contributed by atoms with Crippen molar-refractivity contribution in [1.82, 2.24) is 9.88 Å². The van der Waals surface area contributed by atoms with Crippen molar-refractivity contribution in [2.24, 2.45) is 5.92 Å². The Kier molecular flexibility index (Phi) is 4.49. The molecule has 1 amide bonds.